The van der Waals surface area contributed by atoms with Gasteiger partial charge >= 0.3 is 0 Å². The first-order chi connectivity index (χ1) is 11.6. The number of ether oxygens (including phenoxy) is 1. The van der Waals surface area contributed by atoms with E-state index < -0.39 is 0 Å². The molecule has 3 rings (SSSR count). The van der Waals surface area contributed by atoms with Gasteiger partial charge in [0.25, 0.3) is 0 Å². The zero-order chi connectivity index (χ0) is 17.1. The highest BCUT2D eigenvalue weighted by Crippen LogP contribution is 2.39. The lowest BCUT2D eigenvalue weighted by molar-refractivity contribution is 0.312. The van der Waals surface area contributed by atoms with Crippen LogP contribution in [0.2, 0.25) is 0 Å². The van der Waals surface area contributed by atoms with Crippen LogP contribution in [0.25, 0.3) is 21.8 Å². The molecule has 0 aliphatic heterocycles. The molecule has 0 bridgehead atoms. The SMILES string of the molecule is CCCOc1cc(O)c(-c2[nH]ncc2-c2nc(C)cs2)cc1CC. The second-order valence-electron chi connectivity index (χ2n) is 5.63. The van der Waals surface area contributed by atoms with Gasteiger partial charge < -0.3 is 9.84 Å². The van der Waals surface area contributed by atoms with Crippen LogP contribution < -0.4 is 4.74 Å². The van der Waals surface area contributed by atoms with Crippen molar-refractivity contribution in [1.82, 2.24) is 15.2 Å². The molecule has 2 heterocycles. The average Bonchev–Trinajstić information content (AvgIpc) is 3.21. The van der Waals surface area contributed by atoms with Crippen molar-refractivity contribution in [2.45, 2.75) is 33.6 Å². The molecule has 0 unspecified atom stereocenters. The van der Waals surface area contributed by atoms with Crippen molar-refractivity contribution in [3.63, 3.8) is 0 Å². The summed E-state index contributed by atoms with van der Waals surface area (Å²) in [7, 11) is 0. The highest BCUT2D eigenvalue weighted by Gasteiger charge is 2.18. The fourth-order valence-electron chi connectivity index (χ4n) is 2.57. The third kappa shape index (κ3) is 3.14. The monoisotopic (exact) mass is 343 g/mol. The fourth-order valence-corrected chi connectivity index (χ4v) is 3.38. The smallest absolute Gasteiger partial charge is 0.128 e. The van der Waals surface area contributed by atoms with E-state index in [4.69, 9.17) is 4.74 Å². The van der Waals surface area contributed by atoms with Crippen LogP contribution in [0.1, 0.15) is 31.5 Å². The van der Waals surface area contributed by atoms with Crippen LogP contribution in [0, 0.1) is 6.92 Å². The second-order valence-corrected chi connectivity index (χ2v) is 6.49. The Morgan fingerprint density at radius 2 is 2.08 bits per heavy atom. The standard InChI is InChI=1S/C18H21N3O2S/c1-4-6-23-16-8-15(22)13(7-12(16)5-2)17-14(9-19-21-17)18-20-11(3)10-24-18/h7-10,22H,4-6H2,1-3H3,(H,19,21). The summed E-state index contributed by atoms with van der Waals surface area (Å²) in [6.45, 7) is 6.74. The van der Waals surface area contributed by atoms with Gasteiger partial charge in [0.15, 0.2) is 0 Å². The maximum Gasteiger partial charge on any atom is 0.128 e. The fraction of sp³-hybridized carbons (Fsp3) is 0.333. The third-order valence-corrected chi connectivity index (χ3v) is 4.77. The third-order valence-electron chi connectivity index (χ3n) is 3.78. The molecule has 0 atom stereocenters. The van der Waals surface area contributed by atoms with E-state index in [1.165, 1.54) is 0 Å². The number of aromatic nitrogens is 3. The molecule has 0 radical (unpaired) electrons. The Morgan fingerprint density at radius 3 is 2.75 bits per heavy atom. The molecule has 0 amide bonds. The van der Waals surface area contributed by atoms with E-state index in [1.807, 2.05) is 18.4 Å². The largest absolute Gasteiger partial charge is 0.507 e. The van der Waals surface area contributed by atoms with Gasteiger partial charge in [-0.15, -0.1) is 11.3 Å². The summed E-state index contributed by atoms with van der Waals surface area (Å²) in [6, 6.07) is 3.67. The summed E-state index contributed by atoms with van der Waals surface area (Å²) in [4.78, 5) is 4.52. The van der Waals surface area contributed by atoms with Gasteiger partial charge in [0.05, 0.1) is 24.1 Å². The molecular weight excluding hydrogens is 322 g/mol. The van der Waals surface area contributed by atoms with Crippen LogP contribution in [0.5, 0.6) is 11.5 Å². The van der Waals surface area contributed by atoms with Gasteiger partial charge in [-0.25, -0.2) is 4.98 Å². The minimum Gasteiger partial charge on any atom is -0.507 e. The Bertz CT molecular complexity index is 839. The summed E-state index contributed by atoms with van der Waals surface area (Å²) in [6.07, 6.45) is 3.51. The number of aromatic hydroxyl groups is 1. The van der Waals surface area contributed by atoms with Crippen molar-refractivity contribution in [1.29, 1.82) is 0 Å². The number of phenols is 1. The molecule has 0 spiro atoms. The van der Waals surface area contributed by atoms with Gasteiger partial charge in [0.2, 0.25) is 0 Å². The van der Waals surface area contributed by atoms with Crippen molar-refractivity contribution < 1.29 is 9.84 Å². The first-order valence-electron chi connectivity index (χ1n) is 8.09. The molecule has 126 valence electrons. The van der Waals surface area contributed by atoms with E-state index in [-0.39, 0.29) is 5.75 Å². The zero-order valence-electron chi connectivity index (χ0n) is 14.1. The predicted molar refractivity (Wildman–Crippen MR) is 96.7 cm³/mol. The molecule has 5 nitrogen and oxygen atoms in total. The number of hydrogen-bond acceptors (Lipinski definition) is 5. The number of hydrogen-bond donors (Lipinski definition) is 2. The van der Waals surface area contributed by atoms with E-state index in [0.717, 1.165) is 51.7 Å². The van der Waals surface area contributed by atoms with E-state index in [9.17, 15) is 5.11 Å². The van der Waals surface area contributed by atoms with Crippen LogP contribution in [-0.2, 0) is 6.42 Å². The molecule has 6 heteroatoms. The number of rotatable bonds is 6. The molecule has 0 aliphatic rings. The van der Waals surface area contributed by atoms with E-state index in [0.29, 0.717) is 6.61 Å². The highest BCUT2D eigenvalue weighted by molar-refractivity contribution is 7.13. The number of H-pyrrole nitrogens is 1. The summed E-state index contributed by atoms with van der Waals surface area (Å²) in [5.41, 5.74) is 4.43. The van der Waals surface area contributed by atoms with Crippen molar-refractivity contribution in [3.8, 4) is 33.3 Å². The van der Waals surface area contributed by atoms with E-state index >= 15 is 0 Å². The number of nitrogens with one attached hydrogen (secondary N) is 1. The second kappa shape index (κ2) is 7.05. The number of nitrogens with zero attached hydrogens (tertiary/aromatic N) is 2. The Balaban J connectivity index is 2.06. The summed E-state index contributed by atoms with van der Waals surface area (Å²) >= 11 is 1.57. The molecule has 24 heavy (non-hydrogen) atoms. The molecule has 2 aromatic heterocycles. The Morgan fingerprint density at radius 1 is 1.25 bits per heavy atom. The normalized spacial score (nSPS) is 11.0. The first-order valence-corrected chi connectivity index (χ1v) is 8.96. The first kappa shape index (κ1) is 16.5. The van der Waals surface area contributed by atoms with Crippen molar-refractivity contribution in [2.24, 2.45) is 0 Å². The van der Waals surface area contributed by atoms with Gasteiger partial charge in [-0.1, -0.05) is 13.8 Å². The van der Waals surface area contributed by atoms with Crippen LogP contribution in [0.15, 0.2) is 23.7 Å². The Labute approximate surface area is 145 Å². The average molecular weight is 343 g/mol. The predicted octanol–water partition coefficient (Wildman–Crippen LogP) is 4.57. The highest BCUT2D eigenvalue weighted by atomic mass is 32.1. The maximum atomic E-state index is 10.5. The van der Waals surface area contributed by atoms with Crippen molar-refractivity contribution >= 4 is 11.3 Å². The lowest BCUT2D eigenvalue weighted by Gasteiger charge is -2.13. The zero-order valence-corrected chi connectivity index (χ0v) is 14.9. The van der Waals surface area contributed by atoms with Crippen LogP contribution >= 0.6 is 11.3 Å². The van der Waals surface area contributed by atoms with E-state index in [1.54, 1.807) is 23.6 Å². The van der Waals surface area contributed by atoms with Gasteiger partial charge in [0, 0.05) is 22.7 Å². The molecular formula is C18H21N3O2S. The number of aromatic amines is 1. The van der Waals surface area contributed by atoms with Gasteiger partial charge in [-0.05, 0) is 31.4 Å². The number of benzene rings is 1. The van der Waals surface area contributed by atoms with Gasteiger partial charge in [-0.2, -0.15) is 5.10 Å². The maximum absolute atomic E-state index is 10.5. The summed E-state index contributed by atoms with van der Waals surface area (Å²) < 4.78 is 5.75. The molecule has 2 N–H and O–H groups in total. The Kier molecular flexibility index (Phi) is 4.85. The minimum absolute atomic E-state index is 0.178. The molecule has 0 aliphatic carbocycles. The number of aryl methyl sites for hydroxylation is 2. The lowest BCUT2D eigenvalue weighted by Crippen LogP contribution is -1.99. The lowest BCUT2D eigenvalue weighted by atomic mass is 10.0. The van der Waals surface area contributed by atoms with Crippen LogP contribution in [-0.4, -0.2) is 26.9 Å². The van der Waals surface area contributed by atoms with Crippen LogP contribution in [0.4, 0.5) is 0 Å². The van der Waals surface area contributed by atoms with Gasteiger partial charge in [-0.3, -0.25) is 5.10 Å². The summed E-state index contributed by atoms with van der Waals surface area (Å²) in [5.74, 6) is 0.920. The van der Waals surface area contributed by atoms with Crippen molar-refractivity contribution in [2.75, 3.05) is 6.61 Å². The summed E-state index contributed by atoms with van der Waals surface area (Å²) in [5, 5.41) is 20.6. The molecule has 0 saturated heterocycles. The quantitative estimate of drug-likeness (QED) is 0.688. The topological polar surface area (TPSA) is 71.0 Å². The molecule has 1 aromatic carbocycles. The van der Waals surface area contributed by atoms with Crippen LogP contribution in [0.3, 0.4) is 0 Å². The van der Waals surface area contributed by atoms with E-state index in [2.05, 4.69) is 29.0 Å². The molecule has 0 fully saturated rings. The molecule has 3 aromatic rings. The number of phenolic OH excluding ortho intramolecular Hbond substituents is 1. The number of thiazole rings is 1. The van der Waals surface area contributed by atoms with Crippen molar-refractivity contribution in [3.05, 3.63) is 35.0 Å². The van der Waals surface area contributed by atoms with Gasteiger partial charge in [0.1, 0.15) is 16.5 Å². The Hall–Kier alpha value is -2.34. The molecule has 0 saturated carbocycles. The minimum atomic E-state index is 0.178.